The average Bonchev–Trinajstić information content (AvgIpc) is 3.49. The van der Waals surface area contributed by atoms with E-state index < -0.39 is 0 Å². The molecule has 6 nitrogen and oxygen atoms in total. The van der Waals surface area contributed by atoms with E-state index in [1.54, 1.807) is 7.11 Å². The number of amides is 1. The maximum atomic E-state index is 13.3. The molecule has 5 aromatic carbocycles. The molecule has 1 amide bonds. The second-order valence-corrected chi connectivity index (χ2v) is 15.1. The third kappa shape index (κ3) is 6.95. The molecule has 0 unspecified atom stereocenters. The Labute approximate surface area is 311 Å². The number of thioether (sulfide) groups is 1. The summed E-state index contributed by atoms with van der Waals surface area (Å²) in [5.41, 5.74) is 10.6. The lowest BCUT2D eigenvalue weighted by atomic mass is 9.76. The number of anilines is 1. The van der Waals surface area contributed by atoms with Crippen molar-refractivity contribution in [2.24, 2.45) is 4.99 Å². The Morgan fingerprint density at radius 1 is 0.882 bits per heavy atom. The topological polar surface area (TPSA) is 63.2 Å². The molecule has 2 atom stereocenters. The normalized spacial score (nSPS) is 19.6. The van der Waals surface area contributed by atoms with Gasteiger partial charge in [0.2, 0.25) is 0 Å². The summed E-state index contributed by atoms with van der Waals surface area (Å²) in [5.74, 6) is 1.58. The fourth-order valence-corrected chi connectivity index (χ4v) is 8.87. The number of carbonyl (C=O) groups excluding carboxylic acids is 1. The highest BCUT2D eigenvalue weighted by Gasteiger charge is 2.35. The average molecular weight is 757 g/mol. The highest BCUT2D eigenvalue weighted by molar-refractivity contribution is 9.10. The van der Waals surface area contributed by atoms with Crippen LogP contribution in [-0.2, 0) is 11.4 Å². The molecule has 0 aliphatic carbocycles. The van der Waals surface area contributed by atoms with Crippen LogP contribution in [0.25, 0.3) is 6.08 Å². The van der Waals surface area contributed by atoms with Crippen LogP contribution < -0.4 is 19.7 Å². The number of halogens is 1. The summed E-state index contributed by atoms with van der Waals surface area (Å²) >= 11 is 5.02. The van der Waals surface area contributed by atoms with Gasteiger partial charge in [-0.15, -0.1) is 0 Å². The summed E-state index contributed by atoms with van der Waals surface area (Å²) in [4.78, 5) is 21.5. The molecule has 256 valence electrons. The van der Waals surface area contributed by atoms with Gasteiger partial charge in [0.25, 0.3) is 5.91 Å². The first-order valence-electron chi connectivity index (χ1n) is 17.3. The van der Waals surface area contributed by atoms with Gasteiger partial charge in [0.05, 0.1) is 22.2 Å². The van der Waals surface area contributed by atoms with Gasteiger partial charge in [-0.25, -0.2) is 4.99 Å². The number of nitrogens with zero attached hydrogens (tertiary/aromatic N) is 2. The monoisotopic (exact) mass is 755 g/mol. The van der Waals surface area contributed by atoms with Gasteiger partial charge < -0.3 is 19.7 Å². The molecule has 0 aromatic heterocycles. The van der Waals surface area contributed by atoms with Crippen LogP contribution >= 0.6 is 27.7 Å². The van der Waals surface area contributed by atoms with Gasteiger partial charge in [0.1, 0.15) is 6.61 Å². The molecule has 1 saturated heterocycles. The Morgan fingerprint density at radius 3 is 2.12 bits per heavy atom. The molecule has 0 radical (unpaired) electrons. The third-order valence-corrected chi connectivity index (χ3v) is 11.4. The van der Waals surface area contributed by atoms with E-state index in [4.69, 9.17) is 14.5 Å². The van der Waals surface area contributed by atoms with Crippen LogP contribution in [0.1, 0.15) is 63.6 Å². The highest BCUT2D eigenvalue weighted by atomic mass is 79.9. The number of benzene rings is 5. The molecule has 1 fully saturated rings. The zero-order valence-electron chi connectivity index (χ0n) is 28.6. The van der Waals surface area contributed by atoms with E-state index in [1.165, 1.54) is 45.3 Å². The lowest BCUT2D eigenvalue weighted by Crippen LogP contribution is -2.37. The van der Waals surface area contributed by atoms with Crippen LogP contribution in [0.3, 0.4) is 0 Å². The van der Waals surface area contributed by atoms with Crippen LogP contribution in [0.15, 0.2) is 124 Å². The van der Waals surface area contributed by atoms with Crippen molar-refractivity contribution in [1.29, 1.82) is 0 Å². The first-order valence-corrected chi connectivity index (χ1v) is 18.9. The van der Waals surface area contributed by atoms with Crippen LogP contribution in [-0.4, -0.2) is 31.3 Å². The molecule has 0 spiro atoms. The van der Waals surface area contributed by atoms with Gasteiger partial charge in [-0.1, -0.05) is 90.5 Å². The molecule has 8 rings (SSSR count). The van der Waals surface area contributed by atoms with Gasteiger partial charge >= 0.3 is 0 Å². The van der Waals surface area contributed by atoms with E-state index in [9.17, 15) is 4.79 Å². The summed E-state index contributed by atoms with van der Waals surface area (Å²) in [6, 6.07) is 38.2. The molecular formula is C43H38BrN3O3S. The molecule has 51 heavy (non-hydrogen) atoms. The van der Waals surface area contributed by atoms with E-state index in [1.807, 2.05) is 18.2 Å². The van der Waals surface area contributed by atoms with Crippen molar-refractivity contribution in [3.8, 4) is 11.5 Å². The van der Waals surface area contributed by atoms with E-state index in [2.05, 4.69) is 130 Å². The summed E-state index contributed by atoms with van der Waals surface area (Å²) < 4.78 is 12.6. The number of hydrogen-bond acceptors (Lipinski definition) is 6. The number of methoxy groups -OCH3 is 1. The quantitative estimate of drug-likeness (QED) is 0.160. The Bertz CT molecular complexity index is 2080. The van der Waals surface area contributed by atoms with Crippen molar-refractivity contribution in [3.63, 3.8) is 0 Å². The van der Waals surface area contributed by atoms with Gasteiger partial charge in [0, 0.05) is 30.6 Å². The predicted octanol–water partition coefficient (Wildman–Crippen LogP) is 10.1. The molecule has 1 N–H and O–H groups in total. The lowest BCUT2D eigenvalue weighted by Gasteiger charge is -2.43. The molecule has 3 aliphatic heterocycles. The fraction of sp³-hybridized carbons (Fsp3) is 0.209. The number of aryl methyl sites for hydroxylation is 1. The predicted molar refractivity (Wildman–Crippen MR) is 211 cm³/mol. The first-order chi connectivity index (χ1) is 24.9. The number of ether oxygens (including phenoxy) is 2. The smallest absolute Gasteiger partial charge is 0.264 e. The SMILES string of the molecule is COc1cc(/C=C2\SC(=Nc3cc4c5c(c3)[C@H](c3ccccc3)CCN5CC[C@H]4c3ccccc3)NC2=O)cc(Br)c1OCc1ccc(C)cc1. The number of carbonyl (C=O) groups is 1. The van der Waals surface area contributed by atoms with Crippen molar-refractivity contribution in [1.82, 2.24) is 5.32 Å². The lowest BCUT2D eigenvalue weighted by molar-refractivity contribution is -0.115. The van der Waals surface area contributed by atoms with Crippen molar-refractivity contribution in [2.45, 2.75) is 38.2 Å². The molecule has 3 aliphatic rings. The second-order valence-electron chi connectivity index (χ2n) is 13.3. The van der Waals surface area contributed by atoms with Crippen LogP contribution in [0.5, 0.6) is 11.5 Å². The minimum Gasteiger partial charge on any atom is -0.493 e. The first kappa shape index (κ1) is 33.4. The van der Waals surface area contributed by atoms with Gasteiger partial charge in [-0.2, -0.15) is 0 Å². The van der Waals surface area contributed by atoms with Crippen LogP contribution in [0.2, 0.25) is 0 Å². The maximum Gasteiger partial charge on any atom is 0.264 e. The largest absolute Gasteiger partial charge is 0.493 e. The second kappa shape index (κ2) is 14.4. The zero-order valence-corrected chi connectivity index (χ0v) is 31.0. The fourth-order valence-electron chi connectivity index (χ4n) is 7.46. The zero-order chi connectivity index (χ0) is 34.9. The third-order valence-electron chi connectivity index (χ3n) is 9.93. The summed E-state index contributed by atoms with van der Waals surface area (Å²) in [7, 11) is 1.62. The molecule has 0 saturated carbocycles. The Balaban J connectivity index is 1.11. The van der Waals surface area contributed by atoms with E-state index >= 15 is 0 Å². The van der Waals surface area contributed by atoms with Gasteiger partial charge in [0.15, 0.2) is 16.7 Å². The van der Waals surface area contributed by atoms with Gasteiger partial charge in [-0.05, 0) is 111 Å². The van der Waals surface area contributed by atoms with Crippen molar-refractivity contribution >= 4 is 56.2 Å². The van der Waals surface area contributed by atoms with Crippen LogP contribution in [0, 0.1) is 6.92 Å². The number of hydrogen-bond donors (Lipinski definition) is 1. The molecule has 5 aromatic rings. The number of amidine groups is 1. The minimum atomic E-state index is -0.177. The molecule has 3 heterocycles. The van der Waals surface area contributed by atoms with E-state index in [0.29, 0.717) is 28.2 Å². The molecule has 8 heteroatoms. The van der Waals surface area contributed by atoms with Crippen molar-refractivity contribution in [3.05, 3.63) is 158 Å². The van der Waals surface area contributed by atoms with E-state index in [0.717, 1.165) is 47.2 Å². The number of aliphatic imine (C=N–C) groups is 1. The Hall–Kier alpha value is -4.79. The summed E-state index contributed by atoms with van der Waals surface area (Å²) in [6.45, 7) is 4.55. The van der Waals surface area contributed by atoms with E-state index in [-0.39, 0.29) is 17.7 Å². The van der Waals surface area contributed by atoms with Crippen molar-refractivity contribution < 1.29 is 14.3 Å². The van der Waals surface area contributed by atoms with Gasteiger partial charge in [-0.3, -0.25) is 4.79 Å². The standard InChI is InChI=1S/C43H38BrN3O3S/c1-27-13-15-28(16-14-27)26-50-41-37(44)21-29(22-38(41)49-2)23-39-42(48)46-43(51-39)45-32-24-35-33(30-9-5-3-6-10-30)17-19-47-20-18-34(36(25-32)40(35)47)31-11-7-4-8-12-31/h3-16,21-25,33-34H,17-20,26H2,1-2H3,(H,45,46,48)/b39-23-/t33-,34-/m0/s1. The van der Waals surface area contributed by atoms with Crippen molar-refractivity contribution in [2.75, 3.05) is 25.1 Å². The van der Waals surface area contributed by atoms with Crippen LogP contribution in [0.4, 0.5) is 11.4 Å². The maximum absolute atomic E-state index is 13.3. The minimum absolute atomic E-state index is 0.177. The highest BCUT2D eigenvalue weighted by Crippen LogP contribution is 2.50. The Kier molecular flexibility index (Phi) is 9.45. The Morgan fingerprint density at radius 2 is 1.51 bits per heavy atom. The molecule has 0 bridgehead atoms. The summed E-state index contributed by atoms with van der Waals surface area (Å²) in [6.07, 6.45) is 3.98. The number of rotatable bonds is 8. The summed E-state index contributed by atoms with van der Waals surface area (Å²) in [5, 5.41) is 3.59. The molecular weight excluding hydrogens is 718 g/mol. The number of nitrogens with one attached hydrogen (secondary N) is 1.